The number of rotatable bonds is 2. The second-order valence-electron chi connectivity index (χ2n) is 5.96. The molecule has 1 amide bonds. The third-order valence-corrected chi connectivity index (χ3v) is 4.58. The van der Waals surface area contributed by atoms with Gasteiger partial charge in [0.15, 0.2) is 0 Å². The Morgan fingerprint density at radius 3 is 3.00 bits per heavy atom. The summed E-state index contributed by atoms with van der Waals surface area (Å²) in [6.07, 6.45) is 4.75. The van der Waals surface area contributed by atoms with Gasteiger partial charge in [0.05, 0.1) is 18.7 Å². The summed E-state index contributed by atoms with van der Waals surface area (Å²) in [6, 6.07) is 1.47. The first-order valence-electron chi connectivity index (χ1n) is 7.73. The van der Waals surface area contributed by atoms with Gasteiger partial charge >= 0.3 is 5.97 Å². The van der Waals surface area contributed by atoms with Crippen LogP contribution in [0, 0.1) is 5.92 Å². The SMILES string of the molecule is C[C@@H]1[C@H](C(=O)O)CCCN1C(=O)c1cc2c(cn1)OCCC2. The molecule has 3 heterocycles. The van der Waals surface area contributed by atoms with Crippen LogP contribution in [0.15, 0.2) is 12.3 Å². The zero-order valence-corrected chi connectivity index (χ0v) is 12.6. The van der Waals surface area contributed by atoms with E-state index in [0.717, 1.165) is 24.2 Å². The Morgan fingerprint density at radius 1 is 1.41 bits per heavy atom. The van der Waals surface area contributed by atoms with Crippen molar-refractivity contribution in [2.24, 2.45) is 5.92 Å². The van der Waals surface area contributed by atoms with Gasteiger partial charge in [0.1, 0.15) is 11.4 Å². The highest BCUT2D eigenvalue weighted by Gasteiger charge is 2.36. The number of hydrogen-bond donors (Lipinski definition) is 1. The lowest BCUT2D eigenvalue weighted by atomic mass is 9.90. The summed E-state index contributed by atoms with van der Waals surface area (Å²) in [5.74, 6) is -0.778. The molecule has 0 saturated carbocycles. The average Bonchev–Trinajstić information content (AvgIpc) is 2.53. The number of hydrogen-bond acceptors (Lipinski definition) is 4. The number of ether oxygens (including phenoxy) is 1. The Labute approximate surface area is 129 Å². The molecule has 22 heavy (non-hydrogen) atoms. The Balaban J connectivity index is 1.82. The highest BCUT2D eigenvalue weighted by molar-refractivity contribution is 5.93. The summed E-state index contributed by atoms with van der Waals surface area (Å²) in [5, 5.41) is 9.27. The molecule has 1 fully saturated rings. The van der Waals surface area contributed by atoms with Gasteiger partial charge in [0.25, 0.3) is 5.91 Å². The highest BCUT2D eigenvalue weighted by Crippen LogP contribution is 2.27. The molecular weight excluding hydrogens is 284 g/mol. The van der Waals surface area contributed by atoms with Crippen molar-refractivity contribution in [1.29, 1.82) is 0 Å². The molecule has 1 saturated heterocycles. The fourth-order valence-electron chi connectivity index (χ4n) is 3.28. The molecule has 1 N–H and O–H groups in total. The molecule has 6 nitrogen and oxygen atoms in total. The molecule has 0 aromatic carbocycles. The number of carboxylic acids is 1. The number of aromatic nitrogens is 1. The number of carbonyl (C=O) groups is 2. The monoisotopic (exact) mass is 304 g/mol. The predicted molar refractivity (Wildman–Crippen MR) is 78.9 cm³/mol. The summed E-state index contributed by atoms with van der Waals surface area (Å²) in [6.45, 7) is 3.07. The number of nitrogens with zero attached hydrogens (tertiary/aromatic N) is 2. The standard InChI is InChI=1S/C16H20N2O4/c1-10-12(16(20)21)5-2-6-18(10)15(19)13-8-11-4-3-7-22-14(11)9-17-13/h8-10,12H,2-7H2,1H3,(H,20,21)/t10-,12-/m1/s1. The number of amides is 1. The van der Waals surface area contributed by atoms with E-state index in [4.69, 9.17) is 4.74 Å². The predicted octanol–water partition coefficient (Wildman–Crippen LogP) is 1.73. The summed E-state index contributed by atoms with van der Waals surface area (Å²) >= 11 is 0. The highest BCUT2D eigenvalue weighted by atomic mass is 16.5. The van der Waals surface area contributed by atoms with Crippen LogP contribution >= 0.6 is 0 Å². The first-order chi connectivity index (χ1) is 10.6. The lowest BCUT2D eigenvalue weighted by molar-refractivity contribution is -0.144. The fraction of sp³-hybridized carbons (Fsp3) is 0.562. The van der Waals surface area contributed by atoms with E-state index in [0.29, 0.717) is 31.7 Å². The molecule has 2 atom stereocenters. The lowest BCUT2D eigenvalue weighted by Crippen LogP contribution is -2.49. The smallest absolute Gasteiger partial charge is 0.308 e. The number of piperidine rings is 1. The summed E-state index contributed by atoms with van der Waals surface area (Å²) in [7, 11) is 0. The summed E-state index contributed by atoms with van der Waals surface area (Å²) in [5.41, 5.74) is 1.38. The molecule has 0 unspecified atom stereocenters. The van der Waals surface area contributed by atoms with Crippen molar-refractivity contribution in [3.63, 3.8) is 0 Å². The van der Waals surface area contributed by atoms with Crippen LogP contribution in [0.4, 0.5) is 0 Å². The first kappa shape index (κ1) is 14.8. The van der Waals surface area contributed by atoms with Gasteiger partial charge in [-0.15, -0.1) is 0 Å². The minimum Gasteiger partial charge on any atom is -0.492 e. The van der Waals surface area contributed by atoms with E-state index in [9.17, 15) is 14.7 Å². The maximum atomic E-state index is 12.7. The summed E-state index contributed by atoms with van der Waals surface area (Å²) in [4.78, 5) is 29.8. The van der Waals surface area contributed by atoms with Crippen molar-refractivity contribution in [3.8, 4) is 5.75 Å². The maximum Gasteiger partial charge on any atom is 0.308 e. The van der Waals surface area contributed by atoms with E-state index in [1.54, 1.807) is 24.1 Å². The van der Waals surface area contributed by atoms with E-state index in [2.05, 4.69) is 4.98 Å². The summed E-state index contributed by atoms with van der Waals surface area (Å²) < 4.78 is 5.51. The molecule has 2 aliphatic rings. The van der Waals surface area contributed by atoms with Crippen molar-refractivity contribution in [2.45, 2.75) is 38.6 Å². The second-order valence-corrected chi connectivity index (χ2v) is 5.96. The fourth-order valence-corrected chi connectivity index (χ4v) is 3.28. The van der Waals surface area contributed by atoms with Gasteiger partial charge in [0.2, 0.25) is 0 Å². The zero-order chi connectivity index (χ0) is 15.7. The number of pyridine rings is 1. The van der Waals surface area contributed by atoms with E-state index in [1.807, 2.05) is 0 Å². The van der Waals surface area contributed by atoms with Crippen molar-refractivity contribution in [2.75, 3.05) is 13.2 Å². The first-order valence-corrected chi connectivity index (χ1v) is 7.73. The second kappa shape index (κ2) is 5.94. The number of carboxylic acid groups (broad SMARTS) is 1. The van der Waals surface area contributed by atoms with Crippen molar-refractivity contribution in [1.82, 2.24) is 9.88 Å². The van der Waals surface area contributed by atoms with Crippen molar-refractivity contribution in [3.05, 3.63) is 23.5 Å². The van der Waals surface area contributed by atoms with Gasteiger partial charge in [-0.2, -0.15) is 0 Å². The van der Waals surface area contributed by atoms with Gasteiger partial charge in [-0.05, 0) is 44.2 Å². The molecule has 0 spiro atoms. The quantitative estimate of drug-likeness (QED) is 0.900. The number of likely N-dealkylation sites (tertiary alicyclic amines) is 1. The maximum absolute atomic E-state index is 12.7. The largest absolute Gasteiger partial charge is 0.492 e. The molecule has 3 rings (SSSR count). The Bertz CT molecular complexity index is 602. The van der Waals surface area contributed by atoms with Gasteiger partial charge in [-0.25, -0.2) is 4.98 Å². The van der Waals surface area contributed by atoms with Crippen LogP contribution in [0.5, 0.6) is 5.75 Å². The Hall–Kier alpha value is -2.11. The third-order valence-electron chi connectivity index (χ3n) is 4.58. The van der Waals surface area contributed by atoms with Crippen LogP contribution in [0.1, 0.15) is 42.2 Å². The molecule has 2 aliphatic heterocycles. The van der Waals surface area contributed by atoms with Crippen molar-refractivity contribution >= 4 is 11.9 Å². The third kappa shape index (κ3) is 2.65. The van der Waals surface area contributed by atoms with Crippen LogP contribution in [0.3, 0.4) is 0 Å². The van der Waals surface area contributed by atoms with Crippen LogP contribution < -0.4 is 4.74 Å². The Kier molecular flexibility index (Phi) is 4.00. The number of aryl methyl sites for hydroxylation is 1. The molecular formula is C16H20N2O4. The normalized spacial score (nSPS) is 24.3. The van der Waals surface area contributed by atoms with Crippen LogP contribution in [0.25, 0.3) is 0 Å². The van der Waals surface area contributed by atoms with Gasteiger partial charge < -0.3 is 14.7 Å². The van der Waals surface area contributed by atoms with Crippen LogP contribution in [0.2, 0.25) is 0 Å². The number of aliphatic carboxylic acids is 1. The van der Waals surface area contributed by atoms with Crippen LogP contribution in [-0.4, -0.2) is 46.1 Å². The molecule has 1 aromatic heterocycles. The number of fused-ring (bicyclic) bond motifs is 1. The topological polar surface area (TPSA) is 79.7 Å². The van der Waals surface area contributed by atoms with Crippen molar-refractivity contribution < 1.29 is 19.4 Å². The zero-order valence-electron chi connectivity index (χ0n) is 12.6. The minimum absolute atomic E-state index is 0.188. The van der Waals surface area contributed by atoms with Crippen LogP contribution in [-0.2, 0) is 11.2 Å². The molecule has 1 aromatic rings. The van der Waals surface area contributed by atoms with E-state index >= 15 is 0 Å². The van der Waals surface area contributed by atoms with Gasteiger partial charge in [0, 0.05) is 12.6 Å². The lowest BCUT2D eigenvalue weighted by Gasteiger charge is -2.37. The van der Waals surface area contributed by atoms with Gasteiger partial charge in [-0.3, -0.25) is 9.59 Å². The molecule has 118 valence electrons. The van der Waals surface area contributed by atoms with E-state index < -0.39 is 11.9 Å². The van der Waals surface area contributed by atoms with E-state index in [-0.39, 0.29) is 11.9 Å². The number of carbonyl (C=O) groups excluding carboxylic acids is 1. The molecule has 6 heteroatoms. The van der Waals surface area contributed by atoms with E-state index in [1.165, 1.54) is 0 Å². The average molecular weight is 304 g/mol. The molecule has 0 radical (unpaired) electrons. The molecule has 0 bridgehead atoms. The Morgan fingerprint density at radius 2 is 2.23 bits per heavy atom. The van der Waals surface area contributed by atoms with Gasteiger partial charge in [-0.1, -0.05) is 0 Å². The minimum atomic E-state index is -0.836. The molecule has 0 aliphatic carbocycles.